The van der Waals surface area contributed by atoms with Crippen LogP contribution in [0.25, 0.3) is 22.1 Å². The van der Waals surface area contributed by atoms with Crippen LogP contribution in [0.3, 0.4) is 0 Å². The number of fused-ring (bicyclic) bond motifs is 2. The lowest BCUT2D eigenvalue weighted by atomic mass is 10.1. The molecule has 1 fully saturated rings. The van der Waals surface area contributed by atoms with Gasteiger partial charge in [0.15, 0.2) is 0 Å². The zero-order valence-electron chi connectivity index (χ0n) is 13.0. The molecule has 0 bridgehead atoms. The van der Waals surface area contributed by atoms with E-state index in [1.165, 1.54) is 12.8 Å². The molecular formula is C19H19N3O. The third-order valence-electron chi connectivity index (χ3n) is 4.49. The van der Waals surface area contributed by atoms with Crippen molar-refractivity contribution in [2.24, 2.45) is 0 Å². The average molecular weight is 305 g/mol. The lowest BCUT2D eigenvalue weighted by Gasteiger charge is -2.20. The third kappa shape index (κ3) is 2.65. The first-order valence-corrected chi connectivity index (χ1v) is 8.28. The molecule has 0 saturated carbocycles. The standard InChI is InChI=1S/C19H19N3O/c23-19(22-12-5-1-2-6-13-22)14-8-7-11-17-18(14)21-16-10-4-3-9-15(16)20-17/h3-4,7-11H,1-2,5-6,12-13H2. The number of likely N-dealkylation sites (tertiary alicyclic amines) is 1. The van der Waals surface area contributed by atoms with Gasteiger partial charge in [-0.25, -0.2) is 9.97 Å². The van der Waals surface area contributed by atoms with Gasteiger partial charge in [0.05, 0.1) is 22.1 Å². The van der Waals surface area contributed by atoms with Gasteiger partial charge in [-0.15, -0.1) is 0 Å². The van der Waals surface area contributed by atoms with Gasteiger partial charge in [0.2, 0.25) is 0 Å². The molecule has 0 aliphatic carbocycles. The summed E-state index contributed by atoms with van der Waals surface area (Å²) in [5.41, 5.74) is 3.85. The molecule has 1 aliphatic rings. The predicted molar refractivity (Wildman–Crippen MR) is 91.4 cm³/mol. The van der Waals surface area contributed by atoms with E-state index < -0.39 is 0 Å². The highest BCUT2D eigenvalue weighted by Gasteiger charge is 2.20. The molecule has 2 aromatic carbocycles. The van der Waals surface area contributed by atoms with Gasteiger partial charge in [0, 0.05) is 13.1 Å². The maximum Gasteiger partial charge on any atom is 0.256 e. The van der Waals surface area contributed by atoms with E-state index in [1.54, 1.807) is 0 Å². The Morgan fingerprint density at radius 2 is 1.43 bits per heavy atom. The van der Waals surface area contributed by atoms with Crippen molar-refractivity contribution in [1.82, 2.24) is 14.9 Å². The van der Waals surface area contributed by atoms with Gasteiger partial charge in [-0.3, -0.25) is 4.79 Å². The molecule has 2 heterocycles. The van der Waals surface area contributed by atoms with Gasteiger partial charge in [-0.1, -0.05) is 31.0 Å². The lowest BCUT2D eigenvalue weighted by Crippen LogP contribution is -2.32. The molecule has 1 saturated heterocycles. The van der Waals surface area contributed by atoms with E-state index >= 15 is 0 Å². The molecule has 0 radical (unpaired) electrons. The number of carbonyl (C=O) groups excluding carboxylic acids is 1. The van der Waals surface area contributed by atoms with Crippen LogP contribution in [0.4, 0.5) is 0 Å². The van der Waals surface area contributed by atoms with Crippen molar-refractivity contribution in [3.8, 4) is 0 Å². The Morgan fingerprint density at radius 1 is 0.783 bits per heavy atom. The second-order valence-corrected chi connectivity index (χ2v) is 6.09. The van der Waals surface area contributed by atoms with Crippen LogP contribution >= 0.6 is 0 Å². The fourth-order valence-corrected chi connectivity index (χ4v) is 3.26. The van der Waals surface area contributed by atoms with Crippen LogP contribution in [-0.2, 0) is 0 Å². The Labute approximate surface area is 135 Å². The fraction of sp³-hybridized carbons (Fsp3) is 0.316. The van der Waals surface area contributed by atoms with Crippen LogP contribution in [-0.4, -0.2) is 33.9 Å². The smallest absolute Gasteiger partial charge is 0.256 e. The van der Waals surface area contributed by atoms with E-state index in [2.05, 4.69) is 4.98 Å². The number of amides is 1. The van der Waals surface area contributed by atoms with Crippen molar-refractivity contribution in [2.45, 2.75) is 25.7 Å². The summed E-state index contributed by atoms with van der Waals surface area (Å²) in [6.07, 6.45) is 4.60. The minimum absolute atomic E-state index is 0.0853. The molecule has 116 valence electrons. The van der Waals surface area contributed by atoms with Crippen LogP contribution in [0.2, 0.25) is 0 Å². The molecule has 4 rings (SSSR count). The van der Waals surface area contributed by atoms with Gasteiger partial charge in [-0.2, -0.15) is 0 Å². The third-order valence-corrected chi connectivity index (χ3v) is 4.49. The van der Waals surface area contributed by atoms with E-state index in [-0.39, 0.29) is 5.91 Å². The molecule has 1 amide bonds. The van der Waals surface area contributed by atoms with E-state index in [0.29, 0.717) is 11.1 Å². The van der Waals surface area contributed by atoms with Gasteiger partial charge < -0.3 is 4.90 Å². The van der Waals surface area contributed by atoms with Crippen molar-refractivity contribution in [2.75, 3.05) is 13.1 Å². The van der Waals surface area contributed by atoms with Crippen LogP contribution in [0.5, 0.6) is 0 Å². The Kier molecular flexibility index (Phi) is 3.66. The quantitative estimate of drug-likeness (QED) is 0.642. The topological polar surface area (TPSA) is 46.1 Å². The molecule has 0 spiro atoms. The zero-order valence-corrected chi connectivity index (χ0v) is 13.0. The Morgan fingerprint density at radius 3 is 2.17 bits per heavy atom. The Hall–Kier alpha value is -2.49. The van der Waals surface area contributed by atoms with E-state index in [1.807, 2.05) is 47.4 Å². The van der Waals surface area contributed by atoms with Crippen molar-refractivity contribution < 1.29 is 4.79 Å². The maximum atomic E-state index is 13.0. The van der Waals surface area contributed by atoms with Gasteiger partial charge in [0.1, 0.15) is 5.52 Å². The number of para-hydroxylation sites is 3. The van der Waals surface area contributed by atoms with Gasteiger partial charge in [0.25, 0.3) is 5.91 Å². The minimum Gasteiger partial charge on any atom is -0.339 e. The second-order valence-electron chi connectivity index (χ2n) is 6.09. The summed E-state index contributed by atoms with van der Waals surface area (Å²) >= 11 is 0. The number of aromatic nitrogens is 2. The SMILES string of the molecule is O=C(c1cccc2nc3ccccc3nc12)N1CCCCCC1. The van der Waals surface area contributed by atoms with E-state index in [4.69, 9.17) is 4.98 Å². The molecule has 0 N–H and O–H groups in total. The first-order chi connectivity index (χ1) is 11.3. The monoisotopic (exact) mass is 305 g/mol. The Balaban J connectivity index is 1.82. The summed E-state index contributed by atoms with van der Waals surface area (Å²) in [6, 6.07) is 13.5. The van der Waals surface area contributed by atoms with Crippen molar-refractivity contribution >= 4 is 28.0 Å². The van der Waals surface area contributed by atoms with Gasteiger partial charge >= 0.3 is 0 Å². The minimum atomic E-state index is 0.0853. The lowest BCUT2D eigenvalue weighted by molar-refractivity contribution is 0.0763. The van der Waals surface area contributed by atoms with E-state index in [9.17, 15) is 4.79 Å². The average Bonchev–Trinajstić information content (AvgIpc) is 2.88. The molecule has 3 aromatic rings. The van der Waals surface area contributed by atoms with E-state index in [0.717, 1.165) is 42.5 Å². The molecule has 23 heavy (non-hydrogen) atoms. The highest BCUT2D eigenvalue weighted by atomic mass is 16.2. The number of rotatable bonds is 1. The zero-order chi connectivity index (χ0) is 15.6. The summed E-state index contributed by atoms with van der Waals surface area (Å²) in [6.45, 7) is 1.69. The maximum absolute atomic E-state index is 13.0. The first-order valence-electron chi connectivity index (χ1n) is 8.28. The highest BCUT2D eigenvalue weighted by Crippen LogP contribution is 2.21. The number of nitrogens with zero attached hydrogens (tertiary/aromatic N) is 3. The molecule has 1 aromatic heterocycles. The van der Waals surface area contributed by atoms with Crippen LogP contribution in [0.1, 0.15) is 36.0 Å². The molecule has 4 nitrogen and oxygen atoms in total. The molecule has 1 aliphatic heterocycles. The van der Waals surface area contributed by atoms with Crippen LogP contribution in [0.15, 0.2) is 42.5 Å². The second kappa shape index (κ2) is 5.95. The van der Waals surface area contributed by atoms with Crippen LogP contribution < -0.4 is 0 Å². The number of carbonyl (C=O) groups is 1. The number of benzene rings is 2. The summed E-state index contributed by atoms with van der Waals surface area (Å²) in [4.78, 5) is 24.3. The summed E-state index contributed by atoms with van der Waals surface area (Å²) in [5, 5.41) is 0. The number of hydrogen-bond acceptors (Lipinski definition) is 3. The largest absolute Gasteiger partial charge is 0.339 e. The predicted octanol–water partition coefficient (Wildman–Crippen LogP) is 3.80. The molecule has 0 atom stereocenters. The number of hydrogen-bond donors (Lipinski definition) is 0. The summed E-state index contributed by atoms with van der Waals surface area (Å²) in [5.74, 6) is 0.0853. The highest BCUT2D eigenvalue weighted by molar-refractivity contribution is 6.06. The molecular weight excluding hydrogens is 286 g/mol. The fourth-order valence-electron chi connectivity index (χ4n) is 3.26. The van der Waals surface area contributed by atoms with Crippen molar-refractivity contribution in [3.63, 3.8) is 0 Å². The van der Waals surface area contributed by atoms with Gasteiger partial charge in [-0.05, 0) is 37.1 Å². The normalized spacial score (nSPS) is 15.7. The summed E-state index contributed by atoms with van der Waals surface area (Å²) < 4.78 is 0. The molecule has 4 heteroatoms. The first kappa shape index (κ1) is 14.1. The van der Waals surface area contributed by atoms with Crippen molar-refractivity contribution in [3.05, 3.63) is 48.0 Å². The summed E-state index contributed by atoms with van der Waals surface area (Å²) in [7, 11) is 0. The van der Waals surface area contributed by atoms with Crippen molar-refractivity contribution in [1.29, 1.82) is 0 Å². The van der Waals surface area contributed by atoms with Crippen LogP contribution in [0, 0.1) is 0 Å². The molecule has 0 unspecified atom stereocenters. The Bertz CT molecular complexity index is 867.